The van der Waals surface area contributed by atoms with Crippen LogP contribution in [-0.4, -0.2) is 44.4 Å². The normalized spacial score (nSPS) is 24.5. The van der Waals surface area contributed by atoms with Crippen molar-refractivity contribution < 1.29 is 8.42 Å². The van der Waals surface area contributed by atoms with Gasteiger partial charge in [0.05, 0.1) is 0 Å². The van der Waals surface area contributed by atoms with Gasteiger partial charge in [0.25, 0.3) is 10.2 Å². The Labute approximate surface area is 130 Å². The Kier molecular flexibility index (Phi) is 6.05. The topological polar surface area (TPSA) is 61.4 Å². The molecule has 0 unspecified atom stereocenters. The molecule has 1 aliphatic carbocycles. The van der Waals surface area contributed by atoms with E-state index in [1.54, 1.807) is 4.31 Å². The average molecular weight is 317 g/mol. The summed E-state index contributed by atoms with van der Waals surface area (Å²) in [4.78, 5) is 0. The van der Waals surface area contributed by atoms with Gasteiger partial charge in [-0.15, -0.1) is 0 Å². The van der Waals surface area contributed by atoms with Gasteiger partial charge in [-0.1, -0.05) is 19.8 Å². The van der Waals surface area contributed by atoms with E-state index < -0.39 is 10.2 Å². The van der Waals surface area contributed by atoms with Gasteiger partial charge in [-0.3, -0.25) is 0 Å². The number of nitrogens with zero attached hydrogens (tertiary/aromatic N) is 1. The van der Waals surface area contributed by atoms with Crippen LogP contribution in [0, 0.1) is 5.92 Å². The second kappa shape index (κ2) is 7.40. The number of piperidine rings is 1. The van der Waals surface area contributed by atoms with Gasteiger partial charge in [-0.25, -0.2) is 0 Å². The van der Waals surface area contributed by atoms with Crippen molar-refractivity contribution in [2.24, 2.45) is 5.92 Å². The molecule has 0 amide bonds. The molecule has 0 bridgehead atoms. The predicted molar refractivity (Wildman–Crippen MR) is 86.4 cm³/mol. The molecule has 0 spiro atoms. The quantitative estimate of drug-likeness (QED) is 0.705. The average Bonchev–Trinajstić information content (AvgIpc) is 2.85. The molecule has 2 aliphatic rings. The van der Waals surface area contributed by atoms with E-state index in [9.17, 15) is 8.42 Å². The first-order chi connectivity index (χ1) is 9.95. The van der Waals surface area contributed by atoms with Crippen LogP contribution in [0.4, 0.5) is 0 Å². The van der Waals surface area contributed by atoms with Crippen LogP contribution in [0.1, 0.15) is 58.8 Å². The summed E-state index contributed by atoms with van der Waals surface area (Å²) in [7, 11) is -3.31. The van der Waals surface area contributed by atoms with Crippen LogP contribution < -0.4 is 10.0 Å². The van der Waals surface area contributed by atoms with Crippen molar-refractivity contribution in [2.75, 3.05) is 26.2 Å². The van der Waals surface area contributed by atoms with Crippen molar-refractivity contribution in [1.82, 2.24) is 14.3 Å². The van der Waals surface area contributed by atoms with Crippen LogP contribution in [0.5, 0.6) is 0 Å². The third-order valence-corrected chi connectivity index (χ3v) is 6.65. The fourth-order valence-corrected chi connectivity index (χ4v) is 5.12. The standard InChI is InChI=1S/C15H31N3O2S/c1-3-10-16-13-14-6-11-18(12-7-14)21(19,20)17-15(2)8-4-5-9-15/h14,16-17H,3-13H2,1-2H3. The monoisotopic (exact) mass is 317 g/mol. The van der Waals surface area contributed by atoms with Gasteiger partial charge < -0.3 is 5.32 Å². The summed E-state index contributed by atoms with van der Waals surface area (Å²) in [6.07, 6.45) is 7.26. The van der Waals surface area contributed by atoms with E-state index >= 15 is 0 Å². The van der Waals surface area contributed by atoms with Crippen LogP contribution >= 0.6 is 0 Å². The molecule has 5 nitrogen and oxygen atoms in total. The fraction of sp³-hybridized carbons (Fsp3) is 1.00. The summed E-state index contributed by atoms with van der Waals surface area (Å²) in [6.45, 7) is 7.59. The SMILES string of the molecule is CCCNCC1CCN(S(=O)(=O)NC2(C)CCCC2)CC1. The first-order valence-electron chi connectivity index (χ1n) is 8.45. The molecule has 124 valence electrons. The molecule has 21 heavy (non-hydrogen) atoms. The lowest BCUT2D eigenvalue weighted by molar-refractivity contribution is 0.260. The highest BCUT2D eigenvalue weighted by Gasteiger charge is 2.36. The van der Waals surface area contributed by atoms with Gasteiger partial charge in [-0.05, 0) is 58.0 Å². The fourth-order valence-electron chi connectivity index (χ4n) is 3.47. The zero-order valence-corrected chi connectivity index (χ0v) is 14.3. The van der Waals surface area contributed by atoms with Crippen LogP contribution in [0.25, 0.3) is 0 Å². The number of rotatable bonds is 7. The Morgan fingerprint density at radius 2 is 1.81 bits per heavy atom. The van der Waals surface area contributed by atoms with Gasteiger partial charge in [0.15, 0.2) is 0 Å². The van der Waals surface area contributed by atoms with E-state index in [4.69, 9.17) is 0 Å². The largest absolute Gasteiger partial charge is 0.316 e. The summed E-state index contributed by atoms with van der Waals surface area (Å²) in [5, 5.41) is 3.44. The second-order valence-electron chi connectivity index (χ2n) is 6.92. The molecule has 1 aliphatic heterocycles. The van der Waals surface area contributed by atoms with E-state index in [0.29, 0.717) is 19.0 Å². The molecule has 0 aromatic rings. The molecule has 0 aromatic heterocycles. The third kappa shape index (κ3) is 4.91. The molecule has 1 heterocycles. The zero-order chi connectivity index (χ0) is 15.3. The molecule has 2 fully saturated rings. The molecular weight excluding hydrogens is 286 g/mol. The minimum Gasteiger partial charge on any atom is -0.316 e. The Morgan fingerprint density at radius 3 is 2.38 bits per heavy atom. The maximum absolute atomic E-state index is 12.5. The van der Waals surface area contributed by atoms with Crippen LogP contribution in [0.3, 0.4) is 0 Å². The highest BCUT2D eigenvalue weighted by Crippen LogP contribution is 2.30. The molecule has 2 N–H and O–H groups in total. The number of hydrogen-bond donors (Lipinski definition) is 2. The van der Waals surface area contributed by atoms with Gasteiger partial charge in [0, 0.05) is 18.6 Å². The van der Waals surface area contributed by atoms with Crippen LogP contribution in [0.15, 0.2) is 0 Å². The van der Waals surface area contributed by atoms with Gasteiger partial charge in [0.1, 0.15) is 0 Å². The lowest BCUT2D eigenvalue weighted by Crippen LogP contribution is -2.52. The minimum atomic E-state index is -3.31. The summed E-state index contributed by atoms with van der Waals surface area (Å²) in [6, 6.07) is 0. The zero-order valence-electron chi connectivity index (χ0n) is 13.5. The van der Waals surface area contributed by atoms with Crippen molar-refractivity contribution >= 4 is 10.2 Å². The van der Waals surface area contributed by atoms with Crippen molar-refractivity contribution in [1.29, 1.82) is 0 Å². The second-order valence-corrected chi connectivity index (χ2v) is 8.59. The summed E-state index contributed by atoms with van der Waals surface area (Å²) in [5.41, 5.74) is -0.224. The highest BCUT2D eigenvalue weighted by atomic mass is 32.2. The molecule has 0 aromatic carbocycles. The van der Waals surface area contributed by atoms with Crippen molar-refractivity contribution in [3.63, 3.8) is 0 Å². The van der Waals surface area contributed by atoms with Crippen molar-refractivity contribution in [3.8, 4) is 0 Å². The lowest BCUT2D eigenvalue weighted by Gasteiger charge is -2.34. The maximum Gasteiger partial charge on any atom is 0.279 e. The van der Waals surface area contributed by atoms with E-state index in [2.05, 4.69) is 17.0 Å². The molecule has 2 rings (SSSR count). The summed E-state index contributed by atoms with van der Waals surface area (Å²) in [5.74, 6) is 0.616. The van der Waals surface area contributed by atoms with Crippen LogP contribution in [0.2, 0.25) is 0 Å². The Morgan fingerprint density at radius 1 is 1.19 bits per heavy atom. The van der Waals surface area contributed by atoms with E-state index in [0.717, 1.165) is 58.0 Å². The molecule has 1 saturated carbocycles. The Balaban J connectivity index is 1.80. The van der Waals surface area contributed by atoms with Crippen molar-refractivity contribution in [3.05, 3.63) is 0 Å². The number of hydrogen-bond acceptors (Lipinski definition) is 3. The predicted octanol–water partition coefficient (Wildman–Crippen LogP) is 1.87. The molecule has 0 atom stereocenters. The van der Waals surface area contributed by atoms with Gasteiger partial charge in [0.2, 0.25) is 0 Å². The molecular formula is C15H31N3O2S. The minimum absolute atomic E-state index is 0.224. The Bertz CT molecular complexity index is 411. The summed E-state index contributed by atoms with van der Waals surface area (Å²) >= 11 is 0. The molecule has 0 radical (unpaired) electrons. The first-order valence-corrected chi connectivity index (χ1v) is 9.89. The van der Waals surface area contributed by atoms with Crippen molar-refractivity contribution in [2.45, 2.75) is 64.3 Å². The smallest absolute Gasteiger partial charge is 0.279 e. The molecule has 6 heteroatoms. The van der Waals surface area contributed by atoms with Crippen LogP contribution in [-0.2, 0) is 10.2 Å². The van der Waals surface area contributed by atoms with Gasteiger partial charge in [-0.2, -0.15) is 17.4 Å². The summed E-state index contributed by atoms with van der Waals surface area (Å²) < 4.78 is 29.6. The van der Waals surface area contributed by atoms with E-state index in [1.807, 2.05) is 6.92 Å². The first kappa shape index (κ1) is 17.2. The maximum atomic E-state index is 12.5. The van der Waals surface area contributed by atoms with E-state index in [1.165, 1.54) is 0 Å². The molecule has 1 saturated heterocycles. The van der Waals surface area contributed by atoms with E-state index in [-0.39, 0.29) is 5.54 Å². The van der Waals surface area contributed by atoms with Gasteiger partial charge >= 0.3 is 0 Å². The number of nitrogens with one attached hydrogen (secondary N) is 2. The third-order valence-electron chi connectivity index (χ3n) is 4.86. The lowest BCUT2D eigenvalue weighted by atomic mass is 9.98. The Hall–Kier alpha value is -0.170. The highest BCUT2D eigenvalue weighted by molar-refractivity contribution is 7.87.